The summed E-state index contributed by atoms with van der Waals surface area (Å²) < 4.78 is 18.6. The van der Waals surface area contributed by atoms with Gasteiger partial charge in [0.15, 0.2) is 5.76 Å². The van der Waals surface area contributed by atoms with Crippen molar-refractivity contribution in [2.45, 2.75) is 26.5 Å². The van der Waals surface area contributed by atoms with Gasteiger partial charge in [-0.2, -0.15) is 5.10 Å². The van der Waals surface area contributed by atoms with Crippen LogP contribution in [0.3, 0.4) is 0 Å². The van der Waals surface area contributed by atoms with Gasteiger partial charge in [-0.1, -0.05) is 0 Å². The number of rotatable bonds is 9. The molecule has 30 heavy (non-hydrogen) atoms. The van der Waals surface area contributed by atoms with E-state index >= 15 is 0 Å². The Bertz CT molecular complexity index is 991. The van der Waals surface area contributed by atoms with Crippen LogP contribution in [-0.2, 0) is 17.9 Å². The van der Waals surface area contributed by atoms with Gasteiger partial charge in [0.1, 0.15) is 18.1 Å². The van der Waals surface area contributed by atoms with Crippen molar-refractivity contribution in [2.24, 2.45) is 0 Å². The molecule has 9 heteroatoms. The minimum atomic E-state index is -0.407. The second-order valence-electron chi connectivity index (χ2n) is 6.51. The number of carbonyl (C=O) groups excluding carboxylic acids is 2. The highest BCUT2D eigenvalue weighted by molar-refractivity contribution is 9.10. The number of carbonyl (C=O) groups is 2. The van der Waals surface area contributed by atoms with Gasteiger partial charge in [-0.25, -0.2) is 4.79 Å². The lowest BCUT2D eigenvalue weighted by atomic mass is 10.2. The summed E-state index contributed by atoms with van der Waals surface area (Å²) in [5.74, 6) is 0.643. The van der Waals surface area contributed by atoms with Crippen molar-refractivity contribution in [3.05, 3.63) is 69.8 Å². The number of aromatic nitrogens is 2. The van der Waals surface area contributed by atoms with Gasteiger partial charge in [-0.3, -0.25) is 9.48 Å². The van der Waals surface area contributed by atoms with Gasteiger partial charge in [0.05, 0.1) is 22.8 Å². The zero-order valence-electron chi connectivity index (χ0n) is 16.7. The van der Waals surface area contributed by atoms with E-state index in [-0.39, 0.29) is 18.3 Å². The summed E-state index contributed by atoms with van der Waals surface area (Å²) in [6.07, 6.45) is 2.66. The van der Waals surface area contributed by atoms with Crippen LogP contribution in [0.5, 0.6) is 5.75 Å². The van der Waals surface area contributed by atoms with Crippen LogP contribution in [0.1, 0.15) is 38.8 Å². The normalized spacial score (nSPS) is 10.6. The maximum atomic E-state index is 12.2. The van der Waals surface area contributed by atoms with Crippen LogP contribution in [0.2, 0.25) is 0 Å². The molecule has 8 nitrogen and oxygen atoms in total. The van der Waals surface area contributed by atoms with Gasteiger partial charge >= 0.3 is 5.97 Å². The van der Waals surface area contributed by atoms with Crippen molar-refractivity contribution < 1.29 is 23.5 Å². The van der Waals surface area contributed by atoms with Crippen LogP contribution >= 0.6 is 15.9 Å². The summed E-state index contributed by atoms with van der Waals surface area (Å²) >= 11 is 3.43. The Balaban J connectivity index is 1.42. The minimum Gasteiger partial charge on any atom is -0.486 e. The number of methoxy groups -OCH3 is 1. The van der Waals surface area contributed by atoms with E-state index in [4.69, 9.17) is 9.15 Å². The number of amides is 1. The Kier molecular flexibility index (Phi) is 7.29. The van der Waals surface area contributed by atoms with Crippen molar-refractivity contribution in [1.29, 1.82) is 0 Å². The van der Waals surface area contributed by atoms with Crippen LogP contribution in [0.25, 0.3) is 0 Å². The van der Waals surface area contributed by atoms with Gasteiger partial charge in [0.25, 0.3) is 5.91 Å². The Morgan fingerprint density at radius 2 is 1.97 bits per heavy atom. The molecule has 1 amide bonds. The van der Waals surface area contributed by atoms with E-state index in [1.54, 1.807) is 36.4 Å². The predicted octanol–water partition coefficient (Wildman–Crippen LogP) is 3.73. The molecule has 0 spiro atoms. The maximum absolute atomic E-state index is 12.2. The van der Waals surface area contributed by atoms with Gasteiger partial charge in [0, 0.05) is 19.3 Å². The molecule has 2 aromatic heterocycles. The Labute approximate surface area is 182 Å². The molecule has 0 aliphatic carbocycles. The molecule has 0 fully saturated rings. The van der Waals surface area contributed by atoms with E-state index in [1.165, 1.54) is 7.11 Å². The summed E-state index contributed by atoms with van der Waals surface area (Å²) in [7, 11) is 1.33. The monoisotopic (exact) mass is 475 g/mol. The highest BCUT2D eigenvalue weighted by atomic mass is 79.9. The third kappa shape index (κ3) is 5.73. The van der Waals surface area contributed by atoms with Crippen molar-refractivity contribution in [2.75, 3.05) is 13.7 Å². The highest BCUT2D eigenvalue weighted by Gasteiger charge is 2.12. The van der Waals surface area contributed by atoms with Gasteiger partial charge in [-0.15, -0.1) is 0 Å². The first-order valence-electron chi connectivity index (χ1n) is 9.34. The molecule has 0 atom stereocenters. The Hall–Kier alpha value is -3.07. The van der Waals surface area contributed by atoms with Crippen molar-refractivity contribution in [3.8, 4) is 5.75 Å². The molecule has 3 aromatic rings. The molecule has 0 unspecified atom stereocenters. The van der Waals surface area contributed by atoms with E-state index in [2.05, 4.69) is 31.1 Å². The Morgan fingerprint density at radius 1 is 1.20 bits per heavy atom. The molecule has 0 radical (unpaired) electrons. The van der Waals surface area contributed by atoms with E-state index in [1.807, 2.05) is 17.8 Å². The lowest BCUT2D eigenvalue weighted by Gasteiger charge is -2.05. The van der Waals surface area contributed by atoms with Gasteiger partial charge in [0.2, 0.25) is 0 Å². The predicted molar refractivity (Wildman–Crippen MR) is 112 cm³/mol. The van der Waals surface area contributed by atoms with Crippen LogP contribution in [0.4, 0.5) is 0 Å². The third-order valence-corrected chi connectivity index (χ3v) is 5.06. The first-order valence-corrected chi connectivity index (χ1v) is 10.1. The number of benzene rings is 1. The minimum absolute atomic E-state index is 0.165. The number of aryl methyl sites for hydroxylation is 2. The van der Waals surface area contributed by atoms with Crippen molar-refractivity contribution in [1.82, 2.24) is 15.1 Å². The molecule has 0 aliphatic rings. The van der Waals surface area contributed by atoms with Crippen LogP contribution in [0, 0.1) is 6.92 Å². The summed E-state index contributed by atoms with van der Waals surface area (Å²) in [6.45, 7) is 3.31. The van der Waals surface area contributed by atoms with E-state index < -0.39 is 5.97 Å². The van der Waals surface area contributed by atoms with Crippen LogP contribution < -0.4 is 10.1 Å². The molecule has 2 heterocycles. The second-order valence-corrected chi connectivity index (χ2v) is 7.36. The van der Waals surface area contributed by atoms with Crippen molar-refractivity contribution in [3.63, 3.8) is 0 Å². The number of furan rings is 1. The molecular formula is C21H22BrN3O5. The molecule has 0 saturated carbocycles. The van der Waals surface area contributed by atoms with Crippen LogP contribution in [0.15, 0.2) is 51.5 Å². The molecule has 0 saturated heterocycles. The van der Waals surface area contributed by atoms with Gasteiger partial charge in [-0.05, 0) is 65.7 Å². The zero-order chi connectivity index (χ0) is 21.5. The number of nitrogens with one attached hydrogen (secondary N) is 1. The number of ether oxygens (including phenoxy) is 2. The lowest BCUT2D eigenvalue weighted by Crippen LogP contribution is -2.24. The topological polar surface area (TPSA) is 95.6 Å². The molecule has 158 valence electrons. The number of halogens is 1. The number of hydrogen-bond acceptors (Lipinski definition) is 6. The van der Waals surface area contributed by atoms with E-state index in [0.717, 1.165) is 16.6 Å². The third-order valence-electron chi connectivity index (χ3n) is 4.28. The SMILES string of the molecule is COC(=O)c1ccc(OCc2ccc(C(=O)NCCCn3cc(Br)c(C)n3)o2)cc1. The molecule has 1 N–H and O–H groups in total. The van der Waals surface area contributed by atoms with Crippen molar-refractivity contribution >= 4 is 27.8 Å². The first-order chi connectivity index (χ1) is 14.5. The number of nitrogens with zero attached hydrogens (tertiary/aromatic N) is 2. The highest BCUT2D eigenvalue weighted by Crippen LogP contribution is 2.16. The standard InChI is InChI=1S/C21H22BrN3O5/c1-14-18(22)12-25(24-14)11-3-10-23-20(26)19-9-8-17(30-19)13-29-16-6-4-15(5-7-16)21(27)28-2/h4-9,12H,3,10-11,13H2,1-2H3,(H,23,26). The summed E-state index contributed by atoms with van der Waals surface area (Å²) in [5, 5.41) is 7.18. The molecule has 0 aliphatic heterocycles. The lowest BCUT2D eigenvalue weighted by molar-refractivity contribution is 0.0600. The average Bonchev–Trinajstić information content (AvgIpc) is 3.36. The molecular weight excluding hydrogens is 454 g/mol. The molecule has 0 bridgehead atoms. The first kappa shape index (κ1) is 21.6. The number of esters is 1. The fourth-order valence-electron chi connectivity index (χ4n) is 2.68. The van der Waals surface area contributed by atoms with Crippen LogP contribution in [-0.4, -0.2) is 35.3 Å². The smallest absolute Gasteiger partial charge is 0.337 e. The fourth-order valence-corrected chi connectivity index (χ4v) is 2.99. The molecule has 1 aromatic carbocycles. The van der Waals surface area contributed by atoms with Gasteiger partial charge < -0.3 is 19.2 Å². The molecule has 3 rings (SSSR count). The Morgan fingerprint density at radius 3 is 2.63 bits per heavy atom. The number of hydrogen-bond donors (Lipinski definition) is 1. The largest absolute Gasteiger partial charge is 0.486 e. The second kappa shape index (κ2) is 10.1. The summed E-state index contributed by atoms with van der Waals surface area (Å²) in [6, 6.07) is 9.88. The maximum Gasteiger partial charge on any atom is 0.337 e. The summed E-state index contributed by atoms with van der Waals surface area (Å²) in [5.41, 5.74) is 1.38. The fraction of sp³-hybridized carbons (Fsp3) is 0.286. The van der Waals surface area contributed by atoms with E-state index in [0.29, 0.717) is 30.2 Å². The zero-order valence-corrected chi connectivity index (χ0v) is 18.3. The quantitative estimate of drug-likeness (QED) is 0.374. The van der Waals surface area contributed by atoms with E-state index in [9.17, 15) is 9.59 Å². The average molecular weight is 476 g/mol. The summed E-state index contributed by atoms with van der Waals surface area (Å²) in [4.78, 5) is 23.6.